The minimum Gasteiger partial charge on any atom is -0.507 e. The Labute approximate surface area is 300 Å². The van der Waals surface area contributed by atoms with Crippen LogP contribution in [0.15, 0.2) is 23.2 Å². The molecule has 0 aliphatic rings. The number of rotatable bonds is 38. The smallest absolute Gasteiger partial charge is 0.128 e. The third kappa shape index (κ3) is 30.5. The summed E-state index contributed by atoms with van der Waals surface area (Å²) in [5.41, 5.74) is 0.784. The van der Waals surface area contributed by atoms with Crippen LogP contribution in [-0.2, 0) is 0 Å². The highest BCUT2D eigenvalue weighted by Gasteiger charge is 2.02. The molecule has 48 heavy (non-hydrogen) atoms. The molecule has 0 saturated heterocycles. The SMILES string of the molecule is CCCCCCCCCCCCCCCCCCCCOc1ccc(C=NCCCCCCCCCCCCCCCCCC)c(O)c1. The van der Waals surface area contributed by atoms with Crippen molar-refractivity contribution in [3.8, 4) is 11.5 Å². The molecule has 1 aromatic rings. The van der Waals surface area contributed by atoms with E-state index in [1.165, 1.54) is 205 Å². The second kappa shape index (κ2) is 36.8. The van der Waals surface area contributed by atoms with Crippen LogP contribution in [0.5, 0.6) is 11.5 Å². The first-order chi connectivity index (χ1) is 23.8. The van der Waals surface area contributed by atoms with Crippen LogP contribution in [0.3, 0.4) is 0 Å². The Bertz CT molecular complexity index is 806. The molecular formula is C45H83NO2. The van der Waals surface area contributed by atoms with Gasteiger partial charge in [0.1, 0.15) is 11.5 Å². The fourth-order valence-corrected chi connectivity index (χ4v) is 6.83. The van der Waals surface area contributed by atoms with Gasteiger partial charge < -0.3 is 9.84 Å². The second-order valence-electron chi connectivity index (χ2n) is 14.9. The summed E-state index contributed by atoms with van der Waals surface area (Å²) < 4.78 is 5.91. The van der Waals surface area contributed by atoms with Gasteiger partial charge in [0, 0.05) is 24.4 Å². The summed E-state index contributed by atoms with van der Waals surface area (Å²) in [6, 6.07) is 5.63. The Kier molecular flexibility index (Phi) is 34.1. The van der Waals surface area contributed by atoms with Gasteiger partial charge in [-0.25, -0.2) is 0 Å². The molecule has 0 aromatic heterocycles. The molecule has 1 N–H and O–H groups in total. The van der Waals surface area contributed by atoms with Crippen LogP contribution in [0, 0.1) is 0 Å². The predicted octanol–water partition coefficient (Wildman–Crippen LogP) is 15.5. The van der Waals surface area contributed by atoms with Crippen LogP contribution in [0.1, 0.15) is 238 Å². The zero-order chi connectivity index (χ0) is 34.4. The predicted molar refractivity (Wildman–Crippen MR) is 214 cm³/mol. The van der Waals surface area contributed by atoms with Crippen molar-refractivity contribution in [3.05, 3.63) is 23.8 Å². The summed E-state index contributed by atoms with van der Waals surface area (Å²) in [7, 11) is 0. The summed E-state index contributed by atoms with van der Waals surface area (Å²) in [6.07, 6.45) is 49.0. The zero-order valence-electron chi connectivity index (χ0n) is 32.6. The Morgan fingerprint density at radius 3 is 1.15 bits per heavy atom. The van der Waals surface area contributed by atoms with Crippen molar-refractivity contribution in [2.24, 2.45) is 4.99 Å². The molecule has 0 spiro atoms. The number of unbranched alkanes of at least 4 members (excludes halogenated alkanes) is 32. The number of aliphatic imine (C=N–C) groups is 1. The fraction of sp³-hybridized carbons (Fsp3) is 0.844. The number of hydrogen-bond donors (Lipinski definition) is 1. The number of hydrogen-bond acceptors (Lipinski definition) is 3. The first-order valence-corrected chi connectivity index (χ1v) is 21.7. The number of nitrogens with zero attached hydrogens (tertiary/aromatic N) is 1. The highest BCUT2D eigenvalue weighted by atomic mass is 16.5. The lowest BCUT2D eigenvalue weighted by atomic mass is 10.0. The Morgan fingerprint density at radius 1 is 0.458 bits per heavy atom. The molecule has 0 unspecified atom stereocenters. The van der Waals surface area contributed by atoms with Crippen molar-refractivity contribution in [3.63, 3.8) is 0 Å². The molecule has 3 nitrogen and oxygen atoms in total. The third-order valence-corrected chi connectivity index (χ3v) is 10.1. The van der Waals surface area contributed by atoms with E-state index in [0.717, 1.165) is 37.3 Å². The van der Waals surface area contributed by atoms with E-state index >= 15 is 0 Å². The standard InChI is InChI=1S/C45H83NO2/c1-3-5-7-9-11-13-15-17-19-21-22-24-26-28-30-32-34-36-40-48-44-38-37-43(45(47)41-44)42-46-39-35-33-31-29-27-25-23-20-18-16-14-12-10-8-6-4-2/h37-38,41-42,47H,3-36,39-40H2,1-2H3. The first kappa shape index (κ1) is 44.5. The summed E-state index contributed by atoms with van der Waals surface area (Å²) in [4.78, 5) is 4.56. The zero-order valence-corrected chi connectivity index (χ0v) is 32.6. The lowest BCUT2D eigenvalue weighted by Gasteiger charge is -2.08. The Hall–Kier alpha value is -1.51. The molecule has 1 rings (SSSR count). The van der Waals surface area contributed by atoms with Gasteiger partial charge in [0.15, 0.2) is 0 Å². The van der Waals surface area contributed by atoms with Crippen molar-refractivity contribution in [1.29, 1.82) is 0 Å². The monoisotopic (exact) mass is 670 g/mol. The van der Waals surface area contributed by atoms with Gasteiger partial charge in [-0.2, -0.15) is 0 Å². The van der Waals surface area contributed by atoms with Gasteiger partial charge in [-0.15, -0.1) is 0 Å². The number of ether oxygens (including phenoxy) is 1. The molecule has 280 valence electrons. The lowest BCUT2D eigenvalue weighted by Crippen LogP contribution is -1.97. The maximum absolute atomic E-state index is 10.4. The van der Waals surface area contributed by atoms with E-state index in [1.54, 1.807) is 6.07 Å². The number of phenolic OH excluding ortho intramolecular Hbond substituents is 1. The van der Waals surface area contributed by atoms with Crippen LogP contribution >= 0.6 is 0 Å². The van der Waals surface area contributed by atoms with Crippen molar-refractivity contribution < 1.29 is 9.84 Å². The van der Waals surface area contributed by atoms with Crippen molar-refractivity contribution in [1.82, 2.24) is 0 Å². The molecule has 0 aliphatic carbocycles. The maximum Gasteiger partial charge on any atom is 0.128 e. The number of phenols is 1. The normalized spacial score (nSPS) is 11.6. The minimum absolute atomic E-state index is 0.265. The van der Waals surface area contributed by atoms with Gasteiger partial charge in [0.25, 0.3) is 0 Å². The average Bonchev–Trinajstić information content (AvgIpc) is 3.09. The Balaban J connectivity index is 1.87. The van der Waals surface area contributed by atoms with Crippen LogP contribution in [0.2, 0.25) is 0 Å². The first-order valence-electron chi connectivity index (χ1n) is 21.7. The van der Waals surface area contributed by atoms with Crippen LogP contribution in [0.25, 0.3) is 0 Å². The molecular weight excluding hydrogens is 587 g/mol. The topological polar surface area (TPSA) is 41.8 Å². The van der Waals surface area contributed by atoms with E-state index in [2.05, 4.69) is 18.8 Å². The average molecular weight is 670 g/mol. The van der Waals surface area contributed by atoms with Gasteiger partial charge in [-0.1, -0.05) is 219 Å². The van der Waals surface area contributed by atoms with Gasteiger partial charge in [-0.05, 0) is 25.0 Å². The lowest BCUT2D eigenvalue weighted by molar-refractivity contribution is 0.302. The van der Waals surface area contributed by atoms with E-state index in [-0.39, 0.29) is 5.75 Å². The van der Waals surface area contributed by atoms with Gasteiger partial charge in [0.05, 0.1) is 6.61 Å². The van der Waals surface area contributed by atoms with Crippen molar-refractivity contribution >= 4 is 6.21 Å². The summed E-state index contributed by atoms with van der Waals surface area (Å²) in [5, 5.41) is 10.4. The van der Waals surface area contributed by atoms with Gasteiger partial charge >= 0.3 is 0 Å². The largest absolute Gasteiger partial charge is 0.507 e. The Morgan fingerprint density at radius 2 is 0.792 bits per heavy atom. The summed E-state index contributed by atoms with van der Waals surface area (Å²) in [5.74, 6) is 1.02. The van der Waals surface area contributed by atoms with Crippen molar-refractivity contribution in [2.45, 2.75) is 232 Å². The van der Waals surface area contributed by atoms with Crippen LogP contribution in [0.4, 0.5) is 0 Å². The molecule has 0 bridgehead atoms. The van der Waals surface area contributed by atoms with E-state index in [0.29, 0.717) is 0 Å². The molecule has 0 atom stereocenters. The molecule has 0 amide bonds. The number of aromatic hydroxyl groups is 1. The molecule has 0 aliphatic heterocycles. The molecule has 0 fully saturated rings. The third-order valence-electron chi connectivity index (χ3n) is 10.1. The van der Waals surface area contributed by atoms with E-state index < -0.39 is 0 Å². The molecule has 3 heteroatoms. The maximum atomic E-state index is 10.4. The molecule has 0 heterocycles. The summed E-state index contributed by atoms with van der Waals surface area (Å²) in [6.45, 7) is 6.16. The highest BCUT2D eigenvalue weighted by Crippen LogP contribution is 2.23. The second-order valence-corrected chi connectivity index (χ2v) is 14.9. The number of benzene rings is 1. The van der Waals surface area contributed by atoms with E-state index in [4.69, 9.17) is 4.74 Å². The summed E-state index contributed by atoms with van der Waals surface area (Å²) >= 11 is 0. The quantitative estimate of drug-likeness (QED) is 0.0562. The molecule has 0 radical (unpaired) electrons. The van der Waals surface area contributed by atoms with Gasteiger partial charge in [0.2, 0.25) is 0 Å². The minimum atomic E-state index is 0.265. The highest BCUT2D eigenvalue weighted by molar-refractivity contribution is 5.83. The molecule has 1 aromatic carbocycles. The van der Waals surface area contributed by atoms with Gasteiger partial charge in [-0.3, -0.25) is 4.99 Å². The van der Waals surface area contributed by atoms with Crippen LogP contribution in [-0.4, -0.2) is 24.5 Å². The van der Waals surface area contributed by atoms with Crippen LogP contribution < -0.4 is 4.74 Å². The fourth-order valence-electron chi connectivity index (χ4n) is 6.83. The molecule has 0 saturated carbocycles. The van der Waals surface area contributed by atoms with E-state index in [9.17, 15) is 5.11 Å². The van der Waals surface area contributed by atoms with Crippen molar-refractivity contribution in [2.75, 3.05) is 13.2 Å². The van der Waals surface area contributed by atoms with E-state index in [1.807, 2.05) is 18.3 Å².